The summed E-state index contributed by atoms with van der Waals surface area (Å²) in [5.41, 5.74) is 7.23. The summed E-state index contributed by atoms with van der Waals surface area (Å²) in [5, 5.41) is 1.00. The van der Waals surface area contributed by atoms with Crippen LogP contribution in [-0.2, 0) is 0 Å². The van der Waals surface area contributed by atoms with Gasteiger partial charge in [-0.25, -0.2) is 0 Å². The lowest BCUT2D eigenvalue weighted by Crippen LogP contribution is -1.79. The van der Waals surface area contributed by atoms with Crippen LogP contribution in [0, 0.1) is 6.92 Å². The average Bonchev–Trinajstić information content (AvgIpc) is 2.69. The molecule has 16 heavy (non-hydrogen) atoms. The van der Waals surface area contributed by atoms with Gasteiger partial charge < -0.3 is 10.7 Å². The summed E-state index contributed by atoms with van der Waals surface area (Å²) in [4.78, 5) is 13.8. The molecule has 0 saturated carbocycles. The molecule has 1 heterocycles. The fourth-order valence-corrected chi connectivity index (χ4v) is 1.45. The monoisotopic (exact) mass is 220 g/mol. The van der Waals surface area contributed by atoms with Crippen LogP contribution >= 0.6 is 0 Å². The van der Waals surface area contributed by atoms with Crippen LogP contribution in [-0.4, -0.2) is 18.3 Å². The number of H-pyrrole nitrogens is 1. The van der Waals surface area contributed by atoms with Crippen LogP contribution in [0.4, 0.5) is 0 Å². The Labute approximate surface area is 96.7 Å². The first-order chi connectivity index (χ1) is 7.83. The molecule has 3 heteroatoms. The number of aryl methyl sites for hydroxylation is 1. The topological polar surface area (TPSA) is 58.9 Å². The first-order valence-electron chi connectivity index (χ1n) is 5.43. The fraction of sp³-hybridized carbons (Fsp3) is 0.308. The number of nitrogens with one attached hydrogen (secondary N) is 1. The van der Waals surface area contributed by atoms with E-state index in [1.807, 2.05) is 45.0 Å². The van der Waals surface area contributed by atoms with E-state index < -0.39 is 0 Å². The molecule has 2 rings (SSSR count). The Morgan fingerprint density at radius 2 is 1.75 bits per heavy atom. The van der Waals surface area contributed by atoms with Gasteiger partial charge in [-0.15, -0.1) is 0 Å². The largest absolute Gasteiger partial charge is 0.358 e. The molecule has 1 aromatic heterocycles. The van der Waals surface area contributed by atoms with Crippen LogP contribution in [0.2, 0.25) is 0 Å². The van der Waals surface area contributed by atoms with Crippen LogP contribution in [0.1, 0.15) is 29.9 Å². The van der Waals surface area contributed by atoms with Crippen molar-refractivity contribution in [1.82, 2.24) is 4.98 Å². The molecule has 1 aromatic carbocycles. The zero-order valence-electron chi connectivity index (χ0n) is 10.4. The normalized spacial score (nSPS) is 8.56. The van der Waals surface area contributed by atoms with Crippen molar-refractivity contribution in [2.45, 2.75) is 20.8 Å². The van der Waals surface area contributed by atoms with Gasteiger partial charge in [0.05, 0.1) is 0 Å². The minimum Gasteiger partial charge on any atom is -0.358 e. The highest BCUT2D eigenvalue weighted by molar-refractivity contribution is 5.98. The van der Waals surface area contributed by atoms with Gasteiger partial charge in [0.1, 0.15) is 0 Å². The smallest absolute Gasteiger partial charge is 0.152 e. The Morgan fingerprint density at radius 3 is 2.31 bits per heavy atom. The quantitative estimate of drug-likeness (QED) is 0.726. The van der Waals surface area contributed by atoms with Gasteiger partial charge in [0.25, 0.3) is 0 Å². The van der Waals surface area contributed by atoms with E-state index in [4.69, 9.17) is 0 Å². The SMILES string of the molecule is CC.CN.Cc1[nH]c2ccccc2c1C=O. The van der Waals surface area contributed by atoms with Crippen molar-refractivity contribution in [3.8, 4) is 0 Å². The Hall–Kier alpha value is -1.61. The molecule has 88 valence electrons. The Balaban J connectivity index is 0.000000509. The van der Waals surface area contributed by atoms with E-state index in [1.54, 1.807) is 0 Å². The third-order valence-electron chi connectivity index (χ3n) is 2.06. The highest BCUT2D eigenvalue weighted by Crippen LogP contribution is 2.19. The van der Waals surface area contributed by atoms with Crippen molar-refractivity contribution in [3.63, 3.8) is 0 Å². The van der Waals surface area contributed by atoms with Crippen molar-refractivity contribution in [1.29, 1.82) is 0 Å². The number of fused-ring (bicyclic) bond motifs is 1. The number of hydrogen-bond acceptors (Lipinski definition) is 2. The lowest BCUT2D eigenvalue weighted by molar-refractivity contribution is 0.112. The summed E-state index contributed by atoms with van der Waals surface area (Å²) >= 11 is 0. The maximum Gasteiger partial charge on any atom is 0.152 e. The number of aromatic nitrogens is 1. The number of rotatable bonds is 1. The van der Waals surface area contributed by atoms with Gasteiger partial charge in [-0.3, -0.25) is 4.79 Å². The molecule has 0 atom stereocenters. The molecular weight excluding hydrogens is 200 g/mol. The van der Waals surface area contributed by atoms with Gasteiger partial charge in [-0.1, -0.05) is 32.0 Å². The highest BCUT2D eigenvalue weighted by Gasteiger charge is 2.04. The standard InChI is InChI=1S/C10H9NO.C2H6.CH5N/c1-7-9(6-12)8-4-2-3-5-10(8)11-7;2*1-2/h2-6,11H,1H3;1-2H3;2H2,1H3. The average molecular weight is 220 g/mol. The molecule has 3 N–H and O–H groups in total. The van der Waals surface area contributed by atoms with Gasteiger partial charge in [-0.05, 0) is 20.0 Å². The zero-order valence-corrected chi connectivity index (χ0v) is 10.4. The molecule has 0 aliphatic heterocycles. The highest BCUT2D eigenvalue weighted by atomic mass is 16.1. The molecule has 0 spiro atoms. The first kappa shape index (κ1) is 14.4. The minimum absolute atomic E-state index is 0.769. The third-order valence-corrected chi connectivity index (χ3v) is 2.06. The molecule has 0 bridgehead atoms. The number of carbonyl (C=O) groups excluding carboxylic acids is 1. The van der Waals surface area contributed by atoms with Crippen LogP contribution in [0.15, 0.2) is 24.3 Å². The number of aromatic amines is 1. The second-order valence-corrected chi connectivity index (χ2v) is 2.83. The van der Waals surface area contributed by atoms with Crippen LogP contribution in [0.3, 0.4) is 0 Å². The van der Waals surface area contributed by atoms with Gasteiger partial charge in [-0.2, -0.15) is 0 Å². The van der Waals surface area contributed by atoms with Gasteiger partial charge in [0, 0.05) is 22.2 Å². The van der Waals surface area contributed by atoms with Crippen LogP contribution in [0.5, 0.6) is 0 Å². The van der Waals surface area contributed by atoms with Crippen molar-refractivity contribution in [2.24, 2.45) is 5.73 Å². The molecule has 0 amide bonds. The number of carbonyl (C=O) groups is 1. The van der Waals surface area contributed by atoms with E-state index in [0.29, 0.717) is 0 Å². The Bertz CT molecular complexity index is 432. The summed E-state index contributed by atoms with van der Waals surface area (Å²) < 4.78 is 0. The molecular formula is C13H20N2O. The number of nitrogens with two attached hydrogens (primary N) is 1. The predicted molar refractivity (Wildman–Crippen MR) is 69.9 cm³/mol. The van der Waals surface area contributed by atoms with Gasteiger partial charge in [0.15, 0.2) is 6.29 Å². The van der Waals surface area contributed by atoms with E-state index >= 15 is 0 Å². The van der Waals surface area contributed by atoms with E-state index in [1.165, 1.54) is 7.05 Å². The summed E-state index contributed by atoms with van der Waals surface area (Å²) in [6.45, 7) is 5.91. The van der Waals surface area contributed by atoms with E-state index in [9.17, 15) is 4.79 Å². The summed E-state index contributed by atoms with van der Waals surface area (Å²) in [6.07, 6.45) is 0.897. The lowest BCUT2D eigenvalue weighted by atomic mass is 10.1. The van der Waals surface area contributed by atoms with Crippen molar-refractivity contribution < 1.29 is 4.79 Å². The lowest BCUT2D eigenvalue weighted by Gasteiger charge is -1.87. The molecule has 0 aliphatic rings. The molecule has 0 unspecified atom stereocenters. The second-order valence-electron chi connectivity index (χ2n) is 2.83. The van der Waals surface area contributed by atoms with Crippen molar-refractivity contribution in [3.05, 3.63) is 35.5 Å². The van der Waals surface area contributed by atoms with E-state index in [-0.39, 0.29) is 0 Å². The molecule has 0 saturated heterocycles. The summed E-state index contributed by atoms with van der Waals surface area (Å²) in [6, 6.07) is 7.80. The maximum absolute atomic E-state index is 10.7. The predicted octanol–water partition coefficient (Wildman–Crippen LogP) is 2.89. The Morgan fingerprint density at radius 1 is 1.19 bits per heavy atom. The van der Waals surface area contributed by atoms with Gasteiger partial charge in [0.2, 0.25) is 0 Å². The Kier molecular flexibility index (Phi) is 6.88. The fourth-order valence-electron chi connectivity index (χ4n) is 1.45. The van der Waals surface area contributed by atoms with Crippen LogP contribution in [0.25, 0.3) is 10.9 Å². The first-order valence-corrected chi connectivity index (χ1v) is 5.43. The number of aldehydes is 1. The zero-order chi connectivity index (χ0) is 12.6. The molecule has 3 nitrogen and oxygen atoms in total. The van der Waals surface area contributed by atoms with E-state index in [2.05, 4.69) is 10.7 Å². The van der Waals surface area contributed by atoms with Crippen molar-refractivity contribution in [2.75, 3.05) is 7.05 Å². The molecule has 2 aromatic rings. The van der Waals surface area contributed by atoms with Crippen molar-refractivity contribution >= 4 is 17.2 Å². The summed E-state index contributed by atoms with van der Waals surface area (Å²) in [7, 11) is 1.50. The summed E-state index contributed by atoms with van der Waals surface area (Å²) in [5.74, 6) is 0. The van der Waals surface area contributed by atoms with E-state index in [0.717, 1.165) is 28.4 Å². The number of benzene rings is 1. The maximum atomic E-state index is 10.7. The minimum atomic E-state index is 0.769. The molecule has 0 fully saturated rings. The third kappa shape index (κ3) is 2.94. The molecule has 0 aliphatic carbocycles. The second kappa shape index (κ2) is 7.65. The number of hydrogen-bond donors (Lipinski definition) is 2. The van der Waals surface area contributed by atoms with Gasteiger partial charge >= 0.3 is 0 Å². The molecule has 0 radical (unpaired) electrons. The number of para-hydroxylation sites is 1. The van der Waals surface area contributed by atoms with Crippen LogP contribution < -0.4 is 5.73 Å².